The van der Waals surface area contributed by atoms with Gasteiger partial charge in [0.05, 0.1) is 31.8 Å². The molecule has 0 amide bonds. The van der Waals surface area contributed by atoms with Crippen LogP contribution in [-0.2, 0) is 13.0 Å². The summed E-state index contributed by atoms with van der Waals surface area (Å²) in [6.07, 6.45) is 3.22. The van der Waals surface area contributed by atoms with Crippen LogP contribution in [0.2, 0.25) is 0 Å². The highest BCUT2D eigenvalue weighted by Gasteiger charge is 2.43. The van der Waals surface area contributed by atoms with Crippen molar-refractivity contribution in [3.8, 4) is 28.7 Å². The van der Waals surface area contributed by atoms with Crippen LogP contribution in [-0.4, -0.2) is 38.8 Å². The fourth-order valence-electron chi connectivity index (χ4n) is 4.73. The molecule has 2 aromatic carbocycles. The molecule has 0 bridgehead atoms. The van der Waals surface area contributed by atoms with Gasteiger partial charge in [0.1, 0.15) is 12.2 Å². The van der Waals surface area contributed by atoms with Crippen LogP contribution in [0.4, 0.5) is 0 Å². The van der Waals surface area contributed by atoms with E-state index in [1.54, 1.807) is 7.11 Å². The van der Waals surface area contributed by atoms with E-state index >= 15 is 0 Å². The van der Waals surface area contributed by atoms with Crippen LogP contribution in [0.15, 0.2) is 18.2 Å². The summed E-state index contributed by atoms with van der Waals surface area (Å²) in [4.78, 5) is 0. The third-order valence-corrected chi connectivity index (χ3v) is 6.10. The minimum atomic E-state index is 0.242. The van der Waals surface area contributed by atoms with E-state index < -0.39 is 0 Å². The van der Waals surface area contributed by atoms with Crippen molar-refractivity contribution in [3.05, 3.63) is 40.5 Å². The number of fused-ring (bicyclic) bond motifs is 7. The summed E-state index contributed by atoms with van der Waals surface area (Å²) in [5.74, 6) is 4.00. The molecular weight excluding hydrogens is 346 g/mol. The zero-order chi connectivity index (χ0) is 18.2. The lowest BCUT2D eigenvalue weighted by atomic mass is 9.87. The first-order valence-corrected chi connectivity index (χ1v) is 9.16. The Morgan fingerprint density at radius 3 is 2.67 bits per heavy atom. The van der Waals surface area contributed by atoms with Crippen LogP contribution < -0.4 is 23.7 Å². The number of likely N-dealkylation sites (N-methyl/N-ethyl adjacent to an activating group) is 1. The molecule has 4 aliphatic rings. The third-order valence-electron chi connectivity index (χ3n) is 6.10. The van der Waals surface area contributed by atoms with E-state index in [0.717, 1.165) is 52.6 Å². The minimum Gasteiger partial charge on any atom is -0.492 e. The van der Waals surface area contributed by atoms with Crippen LogP contribution in [0.5, 0.6) is 28.7 Å². The molecule has 6 rings (SSSR count). The van der Waals surface area contributed by atoms with Gasteiger partial charge in [-0.05, 0) is 23.3 Å². The van der Waals surface area contributed by atoms with Gasteiger partial charge in [-0.3, -0.25) is 4.48 Å². The molecule has 0 fully saturated rings. The first kappa shape index (κ1) is 15.2. The van der Waals surface area contributed by atoms with Gasteiger partial charge in [0, 0.05) is 12.5 Å². The highest BCUT2D eigenvalue weighted by atomic mass is 16.7. The van der Waals surface area contributed by atoms with E-state index in [1.165, 1.54) is 22.4 Å². The maximum Gasteiger partial charge on any atom is 0.231 e. The van der Waals surface area contributed by atoms with E-state index in [-0.39, 0.29) is 6.79 Å². The summed E-state index contributed by atoms with van der Waals surface area (Å²) in [5.41, 5.74) is 6.04. The van der Waals surface area contributed by atoms with Gasteiger partial charge in [0.15, 0.2) is 23.0 Å². The number of benzene rings is 2. The Bertz CT molecular complexity index is 1030. The third kappa shape index (κ3) is 1.93. The second-order valence-corrected chi connectivity index (χ2v) is 7.60. The van der Waals surface area contributed by atoms with Gasteiger partial charge >= 0.3 is 0 Å². The van der Waals surface area contributed by atoms with Gasteiger partial charge in [-0.25, -0.2) is 0 Å². The molecule has 0 aliphatic carbocycles. The molecular formula is C21H20NO5+. The average Bonchev–Trinajstić information content (AvgIpc) is 3.33. The molecule has 4 aliphatic heterocycles. The van der Waals surface area contributed by atoms with Crippen molar-refractivity contribution in [2.45, 2.75) is 13.0 Å². The first-order valence-electron chi connectivity index (χ1n) is 9.16. The van der Waals surface area contributed by atoms with Crippen LogP contribution in [0.25, 0.3) is 11.8 Å². The van der Waals surface area contributed by atoms with Gasteiger partial charge in [0.2, 0.25) is 19.3 Å². The Morgan fingerprint density at radius 1 is 1.00 bits per heavy atom. The Morgan fingerprint density at radius 2 is 1.81 bits per heavy atom. The van der Waals surface area contributed by atoms with Gasteiger partial charge in [0.25, 0.3) is 0 Å². The molecule has 27 heavy (non-hydrogen) atoms. The van der Waals surface area contributed by atoms with Crippen molar-refractivity contribution in [2.24, 2.45) is 0 Å². The van der Waals surface area contributed by atoms with Crippen molar-refractivity contribution >= 4 is 11.8 Å². The zero-order valence-electron chi connectivity index (χ0n) is 15.3. The highest BCUT2D eigenvalue weighted by Crippen LogP contribution is 2.53. The quantitative estimate of drug-likeness (QED) is 0.726. The Hall–Kier alpha value is -2.86. The van der Waals surface area contributed by atoms with E-state index in [0.29, 0.717) is 12.5 Å². The second-order valence-electron chi connectivity index (χ2n) is 7.60. The van der Waals surface area contributed by atoms with Crippen LogP contribution in [0.1, 0.15) is 22.3 Å². The van der Waals surface area contributed by atoms with Crippen molar-refractivity contribution in [3.63, 3.8) is 0 Å². The molecule has 0 saturated carbocycles. The lowest BCUT2D eigenvalue weighted by Gasteiger charge is -2.43. The summed E-state index contributed by atoms with van der Waals surface area (Å²) in [6.45, 7) is 2.41. The fourth-order valence-corrected chi connectivity index (χ4v) is 4.73. The van der Waals surface area contributed by atoms with Gasteiger partial charge in [-0.2, -0.15) is 0 Å². The van der Waals surface area contributed by atoms with Crippen molar-refractivity contribution in [1.82, 2.24) is 0 Å². The molecule has 0 spiro atoms. The second kappa shape index (κ2) is 5.10. The van der Waals surface area contributed by atoms with Crippen LogP contribution >= 0.6 is 0 Å². The molecule has 0 saturated heterocycles. The molecule has 0 N–H and O–H groups in total. The number of nitrogens with zero attached hydrogens (tertiary/aromatic N) is 1. The van der Waals surface area contributed by atoms with Crippen molar-refractivity contribution in [1.29, 1.82) is 0 Å². The predicted octanol–water partition coefficient (Wildman–Crippen LogP) is 3.17. The first-order chi connectivity index (χ1) is 13.2. The molecule has 0 aromatic heterocycles. The topological polar surface area (TPSA) is 46.2 Å². The zero-order valence-corrected chi connectivity index (χ0v) is 15.3. The molecule has 2 aromatic rings. The van der Waals surface area contributed by atoms with Crippen LogP contribution in [0.3, 0.4) is 0 Å². The Kier molecular flexibility index (Phi) is 2.88. The Labute approximate surface area is 157 Å². The van der Waals surface area contributed by atoms with Crippen LogP contribution in [0, 0.1) is 0 Å². The van der Waals surface area contributed by atoms with E-state index in [9.17, 15) is 0 Å². The summed E-state index contributed by atoms with van der Waals surface area (Å²) < 4.78 is 29.3. The number of ether oxygens (including phenoxy) is 5. The summed E-state index contributed by atoms with van der Waals surface area (Å²) in [6, 6.07) is 6.22. The highest BCUT2D eigenvalue weighted by molar-refractivity contribution is 5.87. The summed E-state index contributed by atoms with van der Waals surface area (Å²) in [5, 5.41) is 0. The predicted molar refractivity (Wildman–Crippen MR) is 98.0 cm³/mol. The smallest absolute Gasteiger partial charge is 0.231 e. The van der Waals surface area contributed by atoms with E-state index in [2.05, 4.69) is 25.3 Å². The number of hydrogen-bond donors (Lipinski definition) is 0. The maximum atomic E-state index is 5.81. The molecule has 0 radical (unpaired) electrons. The fraction of sp³-hybridized carbons (Fsp3) is 0.333. The number of rotatable bonds is 1. The number of quaternary nitrogens is 1. The van der Waals surface area contributed by atoms with E-state index in [4.69, 9.17) is 23.7 Å². The van der Waals surface area contributed by atoms with E-state index in [1.807, 2.05) is 6.07 Å². The normalized spacial score (nSPS) is 23.3. The SMILES string of the molecule is COc1c2c(cc3c1C1=Cc4ccc5c(c4C[N+]1(C)CC3)OCO5)OCO2. The standard InChI is InChI=1S/C21H20NO5/c1-22-6-5-13-8-17-20(27-11-25-17)21(23-2)18(13)15(22)7-12-3-4-16-19(14(12)9-22)26-10-24-16/h3-4,7-8H,5-6,9-11H2,1-2H3/q+1. The van der Waals surface area contributed by atoms with Gasteiger partial charge in [-0.1, -0.05) is 6.07 Å². The number of methoxy groups -OCH3 is 1. The van der Waals surface area contributed by atoms with Crippen molar-refractivity contribution in [2.75, 3.05) is 34.3 Å². The molecule has 1 atom stereocenters. The molecule has 6 heteroatoms. The average molecular weight is 366 g/mol. The molecule has 1 unspecified atom stereocenters. The Balaban J connectivity index is 1.61. The monoisotopic (exact) mass is 366 g/mol. The molecule has 6 nitrogen and oxygen atoms in total. The largest absolute Gasteiger partial charge is 0.492 e. The lowest BCUT2D eigenvalue weighted by Crippen LogP contribution is -2.47. The summed E-state index contributed by atoms with van der Waals surface area (Å²) in [7, 11) is 3.98. The molecule has 138 valence electrons. The van der Waals surface area contributed by atoms with Gasteiger partial charge in [-0.15, -0.1) is 0 Å². The molecule has 4 heterocycles. The lowest BCUT2D eigenvalue weighted by molar-refractivity contribution is -0.854. The minimum absolute atomic E-state index is 0.242. The maximum absolute atomic E-state index is 5.81. The van der Waals surface area contributed by atoms with Crippen molar-refractivity contribution < 1.29 is 28.2 Å². The number of hydrogen-bond acceptors (Lipinski definition) is 5. The van der Waals surface area contributed by atoms with Gasteiger partial charge < -0.3 is 23.7 Å². The summed E-state index contributed by atoms with van der Waals surface area (Å²) >= 11 is 0.